The Hall–Kier alpha value is -3.38. The molecular weight excluding hydrogens is 406 g/mol. The van der Waals surface area contributed by atoms with Crippen molar-refractivity contribution in [3.8, 4) is 11.5 Å². The lowest BCUT2D eigenvalue weighted by molar-refractivity contribution is 0.252. The molecule has 0 saturated heterocycles. The predicted octanol–water partition coefficient (Wildman–Crippen LogP) is 5.19. The minimum Gasteiger partial charge on any atom is -0.493 e. The highest BCUT2D eigenvalue weighted by atomic mass is 16.5. The SMILES string of the molecule is CC(C)c1cc(=O)c2c(OCCCCO)cc(OCc3ccnc4ccccc34)cc2o1. The van der Waals surface area contributed by atoms with Crippen molar-refractivity contribution in [2.75, 3.05) is 13.2 Å². The van der Waals surface area contributed by atoms with Gasteiger partial charge in [0.2, 0.25) is 0 Å². The predicted molar refractivity (Wildman–Crippen MR) is 124 cm³/mol. The van der Waals surface area contributed by atoms with Crippen LogP contribution >= 0.6 is 0 Å². The van der Waals surface area contributed by atoms with Gasteiger partial charge in [-0.05, 0) is 25.0 Å². The number of aliphatic hydroxyl groups excluding tert-OH is 1. The number of para-hydroxylation sites is 1. The molecule has 0 aliphatic rings. The quantitative estimate of drug-likeness (QED) is 0.366. The van der Waals surface area contributed by atoms with E-state index in [2.05, 4.69) is 4.98 Å². The normalized spacial score (nSPS) is 11.4. The molecule has 4 rings (SSSR count). The summed E-state index contributed by atoms with van der Waals surface area (Å²) in [5.41, 5.74) is 2.22. The third-order valence-corrected chi connectivity index (χ3v) is 5.30. The van der Waals surface area contributed by atoms with Crippen LogP contribution in [0, 0.1) is 0 Å². The van der Waals surface area contributed by atoms with Gasteiger partial charge < -0.3 is 19.0 Å². The summed E-state index contributed by atoms with van der Waals surface area (Å²) in [6.07, 6.45) is 3.09. The van der Waals surface area contributed by atoms with Crippen molar-refractivity contribution < 1.29 is 19.0 Å². The first kappa shape index (κ1) is 21.8. The van der Waals surface area contributed by atoms with E-state index < -0.39 is 0 Å². The van der Waals surface area contributed by atoms with E-state index in [9.17, 15) is 4.79 Å². The molecule has 4 aromatic rings. The minimum atomic E-state index is -0.140. The van der Waals surface area contributed by atoms with Crippen LogP contribution in [-0.4, -0.2) is 23.3 Å². The van der Waals surface area contributed by atoms with Gasteiger partial charge in [0.05, 0.1) is 12.1 Å². The van der Waals surface area contributed by atoms with Crippen LogP contribution in [0.1, 0.15) is 43.9 Å². The second-order valence-corrected chi connectivity index (χ2v) is 8.02. The highest BCUT2D eigenvalue weighted by Gasteiger charge is 2.15. The van der Waals surface area contributed by atoms with Gasteiger partial charge in [-0.1, -0.05) is 32.0 Å². The van der Waals surface area contributed by atoms with Crippen molar-refractivity contribution in [3.05, 3.63) is 76.3 Å². The Bertz CT molecular complexity index is 1270. The number of benzene rings is 2. The molecule has 2 aromatic carbocycles. The average Bonchev–Trinajstić information content (AvgIpc) is 2.80. The number of aromatic nitrogens is 1. The number of rotatable bonds is 9. The van der Waals surface area contributed by atoms with Crippen molar-refractivity contribution in [2.24, 2.45) is 0 Å². The summed E-state index contributed by atoms with van der Waals surface area (Å²) in [6, 6.07) is 14.9. The van der Waals surface area contributed by atoms with Crippen molar-refractivity contribution in [1.82, 2.24) is 4.98 Å². The molecule has 0 aliphatic carbocycles. The zero-order chi connectivity index (χ0) is 22.5. The lowest BCUT2D eigenvalue weighted by Gasteiger charge is -2.14. The fourth-order valence-corrected chi connectivity index (χ4v) is 3.57. The lowest BCUT2D eigenvalue weighted by atomic mass is 10.1. The third kappa shape index (κ3) is 4.75. The molecule has 0 saturated carbocycles. The van der Waals surface area contributed by atoms with Crippen molar-refractivity contribution in [3.63, 3.8) is 0 Å². The van der Waals surface area contributed by atoms with Gasteiger partial charge in [0.15, 0.2) is 5.43 Å². The van der Waals surface area contributed by atoms with Gasteiger partial charge in [-0.15, -0.1) is 0 Å². The van der Waals surface area contributed by atoms with Crippen LogP contribution in [0.5, 0.6) is 11.5 Å². The maximum Gasteiger partial charge on any atom is 0.196 e. The van der Waals surface area contributed by atoms with Gasteiger partial charge in [-0.2, -0.15) is 0 Å². The molecule has 0 spiro atoms. The molecule has 0 aliphatic heterocycles. The standard InChI is InChI=1S/C26H27NO5/c1-17(2)23-15-22(29)26-24(30-12-6-5-11-28)13-19(14-25(26)32-23)31-16-18-9-10-27-21-8-4-3-7-20(18)21/h3-4,7-10,13-15,17,28H,5-6,11-12,16H2,1-2H3. The molecule has 0 unspecified atom stereocenters. The van der Waals surface area contributed by atoms with Crippen LogP contribution < -0.4 is 14.9 Å². The molecule has 0 bridgehead atoms. The molecule has 1 N–H and O–H groups in total. The molecule has 166 valence electrons. The van der Waals surface area contributed by atoms with Crippen LogP contribution in [0.4, 0.5) is 0 Å². The first-order valence-corrected chi connectivity index (χ1v) is 10.9. The lowest BCUT2D eigenvalue weighted by Crippen LogP contribution is -2.08. The molecular formula is C26H27NO5. The maximum atomic E-state index is 12.8. The summed E-state index contributed by atoms with van der Waals surface area (Å²) in [5, 5.41) is 10.4. The number of pyridine rings is 1. The van der Waals surface area contributed by atoms with Crippen molar-refractivity contribution in [2.45, 2.75) is 39.2 Å². The third-order valence-electron chi connectivity index (χ3n) is 5.30. The van der Waals surface area contributed by atoms with Crippen LogP contribution in [-0.2, 0) is 6.61 Å². The largest absolute Gasteiger partial charge is 0.493 e. The number of ether oxygens (including phenoxy) is 2. The van der Waals surface area contributed by atoms with E-state index in [1.54, 1.807) is 18.3 Å². The van der Waals surface area contributed by atoms with Gasteiger partial charge in [0, 0.05) is 47.9 Å². The Morgan fingerprint density at radius 2 is 1.91 bits per heavy atom. The summed E-state index contributed by atoms with van der Waals surface area (Å²) in [6.45, 7) is 4.79. The van der Waals surface area contributed by atoms with Gasteiger partial charge in [0.25, 0.3) is 0 Å². The molecule has 0 fully saturated rings. The molecule has 6 heteroatoms. The zero-order valence-corrected chi connectivity index (χ0v) is 18.3. The van der Waals surface area contributed by atoms with E-state index >= 15 is 0 Å². The van der Waals surface area contributed by atoms with Gasteiger partial charge in [-0.3, -0.25) is 9.78 Å². The molecule has 2 heterocycles. The van der Waals surface area contributed by atoms with E-state index in [-0.39, 0.29) is 18.0 Å². The fraction of sp³-hybridized carbons (Fsp3) is 0.308. The van der Waals surface area contributed by atoms with Crippen molar-refractivity contribution in [1.29, 1.82) is 0 Å². The van der Waals surface area contributed by atoms with E-state index in [1.807, 2.05) is 44.2 Å². The van der Waals surface area contributed by atoms with Crippen LogP contribution in [0.3, 0.4) is 0 Å². The summed E-state index contributed by atoms with van der Waals surface area (Å²) in [5.74, 6) is 1.68. The first-order valence-electron chi connectivity index (χ1n) is 10.9. The molecule has 32 heavy (non-hydrogen) atoms. The highest BCUT2D eigenvalue weighted by molar-refractivity contribution is 5.85. The van der Waals surface area contributed by atoms with Crippen molar-refractivity contribution >= 4 is 21.9 Å². The Morgan fingerprint density at radius 3 is 2.72 bits per heavy atom. The Kier molecular flexibility index (Phi) is 6.71. The highest BCUT2D eigenvalue weighted by Crippen LogP contribution is 2.32. The monoisotopic (exact) mass is 433 g/mol. The molecule has 0 amide bonds. The van der Waals surface area contributed by atoms with E-state index in [1.165, 1.54) is 6.07 Å². The number of aliphatic hydroxyl groups is 1. The van der Waals surface area contributed by atoms with Gasteiger partial charge in [0.1, 0.15) is 34.8 Å². The molecule has 0 atom stereocenters. The van der Waals surface area contributed by atoms with E-state index in [0.717, 1.165) is 16.5 Å². The van der Waals surface area contributed by atoms with Crippen LogP contribution in [0.15, 0.2) is 63.9 Å². The first-order chi connectivity index (χ1) is 15.6. The van der Waals surface area contributed by atoms with Crippen LogP contribution in [0.2, 0.25) is 0 Å². The minimum absolute atomic E-state index is 0.0776. The molecule has 2 aromatic heterocycles. The number of unbranched alkanes of at least 4 members (excludes halogenated alkanes) is 1. The number of fused-ring (bicyclic) bond motifs is 2. The smallest absolute Gasteiger partial charge is 0.196 e. The number of hydrogen-bond donors (Lipinski definition) is 1. The maximum absolute atomic E-state index is 12.8. The van der Waals surface area contributed by atoms with Crippen LogP contribution in [0.25, 0.3) is 21.9 Å². The van der Waals surface area contributed by atoms with E-state index in [0.29, 0.717) is 54.3 Å². The second kappa shape index (κ2) is 9.83. The summed E-state index contributed by atoms with van der Waals surface area (Å²) >= 11 is 0. The topological polar surface area (TPSA) is 81.8 Å². The van der Waals surface area contributed by atoms with E-state index in [4.69, 9.17) is 19.0 Å². The zero-order valence-electron chi connectivity index (χ0n) is 18.3. The number of nitrogens with zero attached hydrogens (tertiary/aromatic N) is 1. The average molecular weight is 434 g/mol. The Labute approximate surface area is 186 Å². The molecule has 0 radical (unpaired) electrons. The number of hydrogen-bond acceptors (Lipinski definition) is 6. The second-order valence-electron chi connectivity index (χ2n) is 8.02. The Morgan fingerprint density at radius 1 is 1.06 bits per heavy atom. The van der Waals surface area contributed by atoms with Gasteiger partial charge >= 0.3 is 0 Å². The summed E-state index contributed by atoms with van der Waals surface area (Å²) in [4.78, 5) is 17.2. The molecule has 6 nitrogen and oxygen atoms in total. The van der Waals surface area contributed by atoms with Gasteiger partial charge in [-0.25, -0.2) is 0 Å². The summed E-state index contributed by atoms with van der Waals surface area (Å²) < 4.78 is 18.0. The fourth-order valence-electron chi connectivity index (χ4n) is 3.57. The Balaban J connectivity index is 1.69. The summed E-state index contributed by atoms with van der Waals surface area (Å²) in [7, 11) is 0.